The van der Waals surface area contributed by atoms with Gasteiger partial charge in [-0.25, -0.2) is 0 Å². The van der Waals surface area contributed by atoms with Crippen molar-refractivity contribution in [2.75, 3.05) is 19.8 Å². The first-order valence-corrected chi connectivity index (χ1v) is 15.5. The van der Waals surface area contributed by atoms with Crippen LogP contribution in [-0.2, 0) is 33.0 Å². The van der Waals surface area contributed by atoms with Gasteiger partial charge in [-0.3, -0.25) is 0 Å². The molecule has 0 spiro atoms. The van der Waals surface area contributed by atoms with Crippen molar-refractivity contribution in [3.05, 3.63) is 0 Å². The van der Waals surface area contributed by atoms with Gasteiger partial charge in [0.25, 0.3) is 0 Å². The predicted octanol–water partition coefficient (Wildman–Crippen LogP) is 4.67. The zero-order valence-electron chi connectivity index (χ0n) is 15.5. The molecule has 0 bridgehead atoms. The molecule has 0 aromatic rings. The third-order valence-electron chi connectivity index (χ3n) is 2.21. The Morgan fingerprint density at radius 3 is 1.14 bits per heavy atom. The third kappa shape index (κ3) is 12.1. The second kappa shape index (κ2) is 9.94. The molecule has 128 valence electrons. The first-order valence-electron chi connectivity index (χ1n) is 8.08. The summed E-state index contributed by atoms with van der Waals surface area (Å²) in [6, 6.07) is 0. The van der Waals surface area contributed by atoms with E-state index in [1.165, 1.54) is 0 Å². The van der Waals surface area contributed by atoms with Crippen LogP contribution in [0.15, 0.2) is 0 Å². The average Bonchev–Trinajstić information content (AvgIpc) is 2.29. The molecule has 0 aliphatic rings. The Balaban J connectivity index is 5.04. The van der Waals surface area contributed by atoms with Crippen LogP contribution in [0.3, 0.4) is 0 Å². The molecule has 4 nitrogen and oxygen atoms in total. The summed E-state index contributed by atoms with van der Waals surface area (Å²) in [6.45, 7) is 21.2. The van der Waals surface area contributed by atoms with Gasteiger partial charge in [-0.15, -0.1) is 0 Å². The Morgan fingerprint density at radius 1 is 0.667 bits per heavy atom. The first kappa shape index (κ1) is 21.9. The Morgan fingerprint density at radius 2 is 0.952 bits per heavy atom. The molecular weight excluding hydrogens is 363 g/mol. The minimum absolute atomic E-state index is 0.441. The molecule has 0 aliphatic carbocycles. The van der Waals surface area contributed by atoms with Crippen LogP contribution in [0.2, 0.25) is 19.6 Å². The van der Waals surface area contributed by atoms with E-state index in [1.54, 1.807) is 0 Å². The van der Waals surface area contributed by atoms with E-state index < -0.39 is 30.3 Å². The molecule has 6 heteroatoms. The summed E-state index contributed by atoms with van der Waals surface area (Å²) in [5.74, 6) is 1.32. The Labute approximate surface area is 139 Å². The van der Waals surface area contributed by atoms with Gasteiger partial charge in [-0.1, -0.05) is 0 Å². The summed E-state index contributed by atoms with van der Waals surface area (Å²) in [5.41, 5.74) is 0. The minimum atomic E-state index is -3.93. The fourth-order valence-corrected chi connectivity index (χ4v) is 13.7. The zero-order valence-corrected chi connectivity index (χ0v) is 18.9. The van der Waals surface area contributed by atoms with Crippen molar-refractivity contribution in [3.63, 3.8) is 0 Å². The fraction of sp³-hybridized carbons (Fsp3) is 1.00. The quantitative estimate of drug-likeness (QED) is 0.473. The van der Waals surface area contributed by atoms with E-state index in [-0.39, 0.29) is 0 Å². The van der Waals surface area contributed by atoms with E-state index in [0.717, 1.165) is 0 Å². The van der Waals surface area contributed by atoms with Crippen LogP contribution in [0.4, 0.5) is 0 Å². The molecule has 0 heterocycles. The topological polar surface area (TPSA) is 36.9 Å². The molecule has 0 saturated carbocycles. The summed E-state index contributed by atoms with van der Waals surface area (Å²) >= 11 is -3.93. The van der Waals surface area contributed by atoms with Crippen molar-refractivity contribution in [2.45, 2.75) is 61.2 Å². The SMILES string of the molecule is CC(C)C[O][Zr]([O]CC(C)C)([O]CC(C)C)[O][Si](C)(C)C. The van der Waals surface area contributed by atoms with Crippen LogP contribution >= 0.6 is 0 Å². The molecule has 0 aliphatic heterocycles. The van der Waals surface area contributed by atoms with Crippen LogP contribution in [-0.4, -0.2) is 28.1 Å². The van der Waals surface area contributed by atoms with Gasteiger partial charge in [0.1, 0.15) is 0 Å². The van der Waals surface area contributed by atoms with Gasteiger partial charge >= 0.3 is 140 Å². The Kier molecular flexibility index (Phi) is 10.4. The van der Waals surface area contributed by atoms with Crippen molar-refractivity contribution in [1.82, 2.24) is 0 Å². The molecular formula is C15H36O4SiZr. The maximum absolute atomic E-state index is 6.36. The van der Waals surface area contributed by atoms with E-state index in [4.69, 9.17) is 10.9 Å². The average molecular weight is 400 g/mol. The van der Waals surface area contributed by atoms with Gasteiger partial charge in [-0.2, -0.15) is 0 Å². The van der Waals surface area contributed by atoms with E-state index in [0.29, 0.717) is 37.6 Å². The Bertz CT molecular complexity index is 246. The third-order valence-corrected chi connectivity index (χ3v) is 13.3. The van der Waals surface area contributed by atoms with E-state index in [2.05, 4.69) is 61.2 Å². The Hall–Kier alpha value is 0.940. The second-order valence-electron chi connectivity index (χ2n) is 7.83. The first-order chi connectivity index (χ1) is 9.46. The van der Waals surface area contributed by atoms with Crippen molar-refractivity contribution >= 4 is 8.32 Å². The van der Waals surface area contributed by atoms with E-state index in [1.807, 2.05) is 0 Å². The molecule has 0 radical (unpaired) electrons. The van der Waals surface area contributed by atoms with Crippen molar-refractivity contribution in [3.8, 4) is 0 Å². The van der Waals surface area contributed by atoms with Gasteiger partial charge in [-0.05, 0) is 0 Å². The van der Waals surface area contributed by atoms with Crippen molar-refractivity contribution in [1.29, 1.82) is 0 Å². The number of hydrogen-bond acceptors (Lipinski definition) is 4. The molecule has 0 aromatic heterocycles. The van der Waals surface area contributed by atoms with Crippen LogP contribution in [0.5, 0.6) is 0 Å². The second-order valence-corrected chi connectivity index (χ2v) is 18.3. The molecule has 0 aromatic carbocycles. The maximum atomic E-state index is 6.36. The van der Waals surface area contributed by atoms with Crippen LogP contribution in [0.1, 0.15) is 41.5 Å². The summed E-state index contributed by atoms with van der Waals surface area (Å²) in [5, 5.41) is 0. The number of hydrogen-bond donors (Lipinski definition) is 0. The fourth-order valence-electron chi connectivity index (χ4n) is 1.39. The predicted molar refractivity (Wildman–Crippen MR) is 86.8 cm³/mol. The van der Waals surface area contributed by atoms with Gasteiger partial charge in [0.2, 0.25) is 0 Å². The standard InChI is InChI=1S/3C4H9O.C3H9OSi.Zr/c3*1-4(2)3-5;1-5(2,3)4;/h3*4H,3H2,1-2H3;1-3H3;/q4*-1;+4. The number of rotatable bonds is 11. The molecule has 0 fully saturated rings. The molecule has 0 rings (SSSR count). The van der Waals surface area contributed by atoms with Gasteiger partial charge in [0, 0.05) is 0 Å². The van der Waals surface area contributed by atoms with Crippen LogP contribution in [0, 0.1) is 17.8 Å². The van der Waals surface area contributed by atoms with E-state index in [9.17, 15) is 0 Å². The molecule has 0 atom stereocenters. The molecule has 0 N–H and O–H groups in total. The summed E-state index contributed by atoms with van der Waals surface area (Å²) in [4.78, 5) is 0. The molecule has 0 unspecified atom stereocenters. The zero-order chi connectivity index (χ0) is 16.7. The van der Waals surface area contributed by atoms with Crippen LogP contribution < -0.4 is 0 Å². The van der Waals surface area contributed by atoms with Crippen LogP contribution in [0.25, 0.3) is 0 Å². The van der Waals surface area contributed by atoms with Gasteiger partial charge < -0.3 is 0 Å². The molecule has 0 amide bonds. The molecule has 0 saturated heterocycles. The van der Waals surface area contributed by atoms with Crippen molar-refractivity contribution < 1.29 is 33.0 Å². The summed E-state index contributed by atoms with van der Waals surface area (Å²) in [7, 11) is -1.79. The van der Waals surface area contributed by atoms with Crippen molar-refractivity contribution in [2.24, 2.45) is 17.8 Å². The molecule has 21 heavy (non-hydrogen) atoms. The monoisotopic (exact) mass is 398 g/mol. The summed E-state index contributed by atoms with van der Waals surface area (Å²) < 4.78 is 24.8. The normalized spacial score (nSPS) is 13.7. The van der Waals surface area contributed by atoms with Gasteiger partial charge in [0.15, 0.2) is 0 Å². The van der Waals surface area contributed by atoms with Gasteiger partial charge in [0.05, 0.1) is 0 Å². The summed E-state index contributed by atoms with van der Waals surface area (Å²) in [6.07, 6.45) is 0. The van der Waals surface area contributed by atoms with E-state index >= 15 is 0 Å².